The minimum absolute atomic E-state index is 0.533. The third-order valence-electron chi connectivity index (χ3n) is 3.88. The number of rotatable bonds is 1. The Hall–Kier alpha value is -0.0400. The van der Waals surface area contributed by atoms with Gasteiger partial charge >= 0.3 is 0 Å². The van der Waals surface area contributed by atoms with Crippen LogP contribution in [0.5, 0.6) is 0 Å². The summed E-state index contributed by atoms with van der Waals surface area (Å²) in [7, 11) is 0. The smallest absolute Gasteiger partial charge is 0.0102 e. The van der Waals surface area contributed by atoms with E-state index in [1.54, 1.807) is 0 Å². The van der Waals surface area contributed by atoms with Crippen LogP contribution in [-0.2, 0) is 0 Å². The fourth-order valence-corrected chi connectivity index (χ4v) is 2.65. The summed E-state index contributed by atoms with van der Waals surface area (Å²) in [6.07, 6.45) is 8.55. The van der Waals surface area contributed by atoms with Crippen molar-refractivity contribution in [2.45, 2.75) is 51.5 Å². The normalized spacial score (nSPS) is 45.8. The first kappa shape index (κ1) is 7.60. The molecule has 0 aromatic rings. The highest BCUT2D eigenvalue weighted by molar-refractivity contribution is 5.06. The van der Waals surface area contributed by atoms with Crippen LogP contribution in [0.4, 0.5) is 0 Å². The van der Waals surface area contributed by atoms with E-state index in [1.165, 1.54) is 38.5 Å². The first-order chi connectivity index (χ1) is 5.23. The second-order valence-corrected chi connectivity index (χ2v) is 4.65. The maximum absolute atomic E-state index is 5.93. The number of hydrogen-bond acceptors (Lipinski definition) is 1. The predicted molar refractivity (Wildman–Crippen MR) is 47.3 cm³/mol. The van der Waals surface area contributed by atoms with Gasteiger partial charge in [0.05, 0.1) is 0 Å². The van der Waals surface area contributed by atoms with Gasteiger partial charge in [0.1, 0.15) is 0 Å². The Labute approximate surface area is 69.4 Å². The van der Waals surface area contributed by atoms with Gasteiger partial charge in [-0.2, -0.15) is 0 Å². The zero-order valence-corrected chi connectivity index (χ0v) is 7.47. The van der Waals surface area contributed by atoms with Gasteiger partial charge in [0.25, 0.3) is 0 Å². The summed E-state index contributed by atoms with van der Waals surface area (Å²) in [5, 5.41) is 0. The van der Waals surface area contributed by atoms with Gasteiger partial charge in [-0.25, -0.2) is 0 Å². The van der Waals surface area contributed by atoms with E-state index in [2.05, 4.69) is 6.92 Å². The Kier molecular flexibility index (Phi) is 1.71. The van der Waals surface area contributed by atoms with Gasteiger partial charge in [-0.15, -0.1) is 0 Å². The Morgan fingerprint density at radius 1 is 1.18 bits per heavy atom. The lowest BCUT2D eigenvalue weighted by molar-refractivity contribution is 0.239. The highest BCUT2D eigenvalue weighted by Crippen LogP contribution is 2.54. The average molecular weight is 153 g/mol. The minimum atomic E-state index is 0.533. The lowest BCUT2D eigenvalue weighted by Crippen LogP contribution is -2.22. The minimum Gasteiger partial charge on any atom is -0.327 e. The Bertz CT molecular complexity index is 149. The Balaban J connectivity index is 1.94. The third-order valence-corrected chi connectivity index (χ3v) is 3.88. The molecule has 2 aliphatic carbocycles. The molecule has 0 aliphatic heterocycles. The summed E-state index contributed by atoms with van der Waals surface area (Å²) in [4.78, 5) is 0. The highest BCUT2D eigenvalue weighted by atomic mass is 14.8. The van der Waals surface area contributed by atoms with E-state index in [4.69, 9.17) is 5.73 Å². The molecule has 0 amide bonds. The summed E-state index contributed by atoms with van der Waals surface area (Å²) in [6.45, 7) is 2.38. The van der Waals surface area contributed by atoms with Crippen LogP contribution >= 0.6 is 0 Å². The van der Waals surface area contributed by atoms with Gasteiger partial charge in [0.2, 0.25) is 0 Å². The second kappa shape index (κ2) is 2.48. The van der Waals surface area contributed by atoms with E-state index in [9.17, 15) is 0 Å². The van der Waals surface area contributed by atoms with Gasteiger partial charge in [-0.05, 0) is 30.6 Å². The molecule has 1 heteroatoms. The standard InChI is InChI=1S/C10H19N/c1-10(7-9(10)11)8-5-3-2-4-6-8/h8-9H,2-7,11H2,1H3. The van der Waals surface area contributed by atoms with E-state index in [-0.39, 0.29) is 0 Å². The maximum atomic E-state index is 5.93. The number of nitrogens with two attached hydrogens (primary N) is 1. The van der Waals surface area contributed by atoms with Crippen LogP contribution in [0.2, 0.25) is 0 Å². The van der Waals surface area contributed by atoms with E-state index in [0.717, 1.165) is 5.92 Å². The second-order valence-electron chi connectivity index (χ2n) is 4.65. The molecule has 2 N–H and O–H groups in total. The molecule has 0 heterocycles. The Morgan fingerprint density at radius 3 is 2.18 bits per heavy atom. The van der Waals surface area contributed by atoms with Crippen molar-refractivity contribution in [3.05, 3.63) is 0 Å². The SMILES string of the molecule is CC1(C2CCCCC2)CC1N. The molecule has 2 atom stereocenters. The van der Waals surface area contributed by atoms with Crippen molar-refractivity contribution in [2.75, 3.05) is 0 Å². The first-order valence-electron chi connectivity index (χ1n) is 4.99. The van der Waals surface area contributed by atoms with Gasteiger partial charge in [0, 0.05) is 6.04 Å². The van der Waals surface area contributed by atoms with Crippen LogP contribution in [-0.4, -0.2) is 6.04 Å². The van der Waals surface area contributed by atoms with Gasteiger partial charge < -0.3 is 5.73 Å². The quantitative estimate of drug-likeness (QED) is 0.614. The Morgan fingerprint density at radius 2 is 1.73 bits per heavy atom. The largest absolute Gasteiger partial charge is 0.327 e. The molecular formula is C10H19N. The molecule has 0 spiro atoms. The molecule has 0 radical (unpaired) electrons. The zero-order valence-electron chi connectivity index (χ0n) is 7.47. The summed E-state index contributed by atoms with van der Waals surface area (Å²) in [6, 6.07) is 0.533. The lowest BCUT2D eigenvalue weighted by Gasteiger charge is -2.27. The van der Waals surface area contributed by atoms with E-state index >= 15 is 0 Å². The monoisotopic (exact) mass is 153 g/mol. The van der Waals surface area contributed by atoms with Gasteiger partial charge in [-0.3, -0.25) is 0 Å². The van der Waals surface area contributed by atoms with Crippen molar-refractivity contribution < 1.29 is 0 Å². The summed E-state index contributed by atoms with van der Waals surface area (Å²) < 4.78 is 0. The highest BCUT2D eigenvalue weighted by Gasteiger charge is 2.52. The molecule has 11 heavy (non-hydrogen) atoms. The summed E-state index contributed by atoms with van der Waals surface area (Å²) >= 11 is 0. The van der Waals surface area contributed by atoms with Gasteiger partial charge in [0.15, 0.2) is 0 Å². The molecule has 0 aromatic carbocycles. The van der Waals surface area contributed by atoms with Crippen molar-refractivity contribution in [1.82, 2.24) is 0 Å². The topological polar surface area (TPSA) is 26.0 Å². The molecular weight excluding hydrogens is 134 g/mol. The van der Waals surface area contributed by atoms with Crippen LogP contribution in [0.25, 0.3) is 0 Å². The fourth-order valence-electron chi connectivity index (χ4n) is 2.65. The molecule has 64 valence electrons. The van der Waals surface area contributed by atoms with Crippen LogP contribution in [0.15, 0.2) is 0 Å². The van der Waals surface area contributed by atoms with Crippen LogP contribution < -0.4 is 5.73 Å². The van der Waals surface area contributed by atoms with Crippen LogP contribution in [0.1, 0.15) is 45.4 Å². The summed E-state index contributed by atoms with van der Waals surface area (Å²) in [5.41, 5.74) is 6.49. The van der Waals surface area contributed by atoms with Crippen LogP contribution in [0, 0.1) is 11.3 Å². The molecule has 0 aromatic heterocycles. The molecule has 0 saturated heterocycles. The van der Waals surface area contributed by atoms with E-state index in [1.807, 2.05) is 0 Å². The van der Waals surface area contributed by atoms with Crippen molar-refractivity contribution in [3.8, 4) is 0 Å². The fraction of sp³-hybridized carbons (Fsp3) is 1.00. The molecule has 2 rings (SSSR count). The number of hydrogen-bond donors (Lipinski definition) is 1. The molecule has 0 bridgehead atoms. The van der Waals surface area contributed by atoms with Crippen molar-refractivity contribution in [3.63, 3.8) is 0 Å². The van der Waals surface area contributed by atoms with Crippen molar-refractivity contribution in [1.29, 1.82) is 0 Å². The first-order valence-corrected chi connectivity index (χ1v) is 4.99. The van der Waals surface area contributed by atoms with Gasteiger partial charge in [-0.1, -0.05) is 26.2 Å². The lowest BCUT2D eigenvalue weighted by atomic mass is 9.78. The molecule has 2 unspecified atom stereocenters. The maximum Gasteiger partial charge on any atom is 0.0102 e. The average Bonchev–Trinajstić information content (AvgIpc) is 2.64. The third kappa shape index (κ3) is 1.20. The molecule has 2 fully saturated rings. The predicted octanol–water partition coefficient (Wildman–Crippen LogP) is 2.30. The van der Waals surface area contributed by atoms with Crippen LogP contribution in [0.3, 0.4) is 0 Å². The molecule has 1 nitrogen and oxygen atoms in total. The summed E-state index contributed by atoms with van der Waals surface area (Å²) in [5.74, 6) is 0.964. The molecule has 2 saturated carbocycles. The van der Waals surface area contributed by atoms with Crippen molar-refractivity contribution >= 4 is 0 Å². The van der Waals surface area contributed by atoms with E-state index in [0.29, 0.717) is 11.5 Å². The molecule has 2 aliphatic rings. The van der Waals surface area contributed by atoms with E-state index < -0.39 is 0 Å². The zero-order chi connectivity index (χ0) is 7.90. The van der Waals surface area contributed by atoms with Crippen molar-refractivity contribution in [2.24, 2.45) is 17.1 Å².